The molecule has 3 rings (SSSR count). The number of pyridine rings is 2. The number of nitrogens with zero attached hydrogens (tertiary/aromatic N) is 4. The summed E-state index contributed by atoms with van der Waals surface area (Å²) in [6.45, 7) is 1.72. The largest absolute Gasteiger partial charge is 0.417 e. The minimum Gasteiger partial charge on any atom is -0.353 e. The normalized spacial score (nSPS) is 15.3. The van der Waals surface area contributed by atoms with Gasteiger partial charge in [-0.05, 0) is 18.2 Å². The van der Waals surface area contributed by atoms with Crippen molar-refractivity contribution in [2.75, 3.05) is 31.1 Å². The number of halogens is 5. The monoisotopic (exact) mass is 404 g/mol. The van der Waals surface area contributed by atoms with E-state index in [-0.39, 0.29) is 16.1 Å². The Morgan fingerprint density at radius 1 is 1.04 bits per heavy atom. The molecule has 1 aliphatic rings. The van der Waals surface area contributed by atoms with Crippen LogP contribution in [0.4, 0.5) is 19.0 Å². The van der Waals surface area contributed by atoms with Crippen molar-refractivity contribution in [3.63, 3.8) is 0 Å². The summed E-state index contributed by atoms with van der Waals surface area (Å²) in [7, 11) is 0. The number of amides is 1. The Morgan fingerprint density at radius 3 is 2.27 bits per heavy atom. The van der Waals surface area contributed by atoms with Gasteiger partial charge in [-0.2, -0.15) is 13.2 Å². The Bertz CT molecular complexity index is 806. The average molecular weight is 405 g/mol. The van der Waals surface area contributed by atoms with E-state index in [1.807, 2.05) is 4.90 Å². The molecule has 0 N–H and O–H groups in total. The van der Waals surface area contributed by atoms with Crippen LogP contribution in [0.1, 0.15) is 15.9 Å². The number of hydrogen-bond acceptors (Lipinski definition) is 4. The average Bonchev–Trinajstić information content (AvgIpc) is 2.63. The number of hydrogen-bond donors (Lipinski definition) is 0. The molecule has 1 fully saturated rings. The Kier molecular flexibility index (Phi) is 5.24. The van der Waals surface area contributed by atoms with Crippen LogP contribution in [0.15, 0.2) is 30.6 Å². The summed E-state index contributed by atoms with van der Waals surface area (Å²) in [6.07, 6.45) is -2.24. The molecular formula is C16H13Cl2F3N4O. The van der Waals surface area contributed by atoms with Crippen LogP contribution in [0.25, 0.3) is 0 Å². The van der Waals surface area contributed by atoms with Crippen LogP contribution >= 0.6 is 23.2 Å². The first-order valence-electron chi connectivity index (χ1n) is 7.64. The van der Waals surface area contributed by atoms with E-state index in [9.17, 15) is 18.0 Å². The van der Waals surface area contributed by atoms with Crippen LogP contribution < -0.4 is 4.90 Å². The third kappa shape index (κ3) is 4.02. The zero-order chi connectivity index (χ0) is 18.9. The fraction of sp³-hybridized carbons (Fsp3) is 0.312. The number of carbonyl (C=O) groups is 1. The van der Waals surface area contributed by atoms with Crippen LogP contribution in [0.2, 0.25) is 10.2 Å². The molecule has 138 valence electrons. The topological polar surface area (TPSA) is 49.3 Å². The van der Waals surface area contributed by atoms with Crippen molar-refractivity contribution < 1.29 is 18.0 Å². The smallest absolute Gasteiger partial charge is 0.353 e. The Balaban J connectivity index is 1.63. The number of piperazine rings is 1. The molecule has 0 radical (unpaired) electrons. The summed E-state index contributed by atoms with van der Waals surface area (Å²) < 4.78 is 37.8. The Hall–Kier alpha value is -2.06. The highest BCUT2D eigenvalue weighted by Crippen LogP contribution is 2.29. The van der Waals surface area contributed by atoms with Crippen molar-refractivity contribution in [3.8, 4) is 0 Å². The van der Waals surface area contributed by atoms with Crippen LogP contribution in [0, 0.1) is 0 Å². The maximum atomic E-state index is 12.6. The van der Waals surface area contributed by atoms with Gasteiger partial charge in [0, 0.05) is 38.6 Å². The molecule has 0 unspecified atom stereocenters. The van der Waals surface area contributed by atoms with E-state index in [1.165, 1.54) is 18.3 Å². The lowest BCUT2D eigenvalue weighted by molar-refractivity contribution is -0.137. The van der Waals surface area contributed by atoms with E-state index in [0.29, 0.717) is 37.6 Å². The van der Waals surface area contributed by atoms with Gasteiger partial charge < -0.3 is 9.80 Å². The quantitative estimate of drug-likeness (QED) is 0.714. The second kappa shape index (κ2) is 7.28. The van der Waals surface area contributed by atoms with Gasteiger partial charge in [0.25, 0.3) is 5.91 Å². The lowest BCUT2D eigenvalue weighted by Crippen LogP contribution is -2.49. The van der Waals surface area contributed by atoms with E-state index < -0.39 is 11.7 Å². The molecule has 5 nitrogen and oxygen atoms in total. The van der Waals surface area contributed by atoms with Gasteiger partial charge in [0.2, 0.25) is 0 Å². The van der Waals surface area contributed by atoms with Crippen molar-refractivity contribution in [1.82, 2.24) is 14.9 Å². The Labute approximate surface area is 157 Å². The molecule has 10 heteroatoms. The first-order chi connectivity index (χ1) is 12.3. The maximum absolute atomic E-state index is 12.6. The molecule has 0 atom stereocenters. The molecule has 0 aliphatic carbocycles. The highest BCUT2D eigenvalue weighted by atomic mass is 35.5. The summed E-state index contributed by atoms with van der Waals surface area (Å²) in [5.41, 5.74) is -0.456. The van der Waals surface area contributed by atoms with Crippen LogP contribution in [-0.4, -0.2) is 47.0 Å². The standard InChI is InChI=1S/C16H13Cl2F3N4O/c17-12-7-10(8-23-14(12)18)15(26)25-5-3-24(4-6-25)13-2-1-11(9-22-13)16(19,20)21/h1-2,7-9H,3-6H2. The SMILES string of the molecule is O=C(c1cnc(Cl)c(Cl)c1)N1CCN(c2ccc(C(F)(F)F)cn2)CC1. The van der Waals surface area contributed by atoms with Gasteiger partial charge in [0.15, 0.2) is 0 Å². The number of anilines is 1. The van der Waals surface area contributed by atoms with Crippen molar-refractivity contribution in [2.45, 2.75) is 6.18 Å². The molecule has 1 aliphatic heterocycles. The maximum Gasteiger partial charge on any atom is 0.417 e. The van der Waals surface area contributed by atoms with Crippen molar-refractivity contribution in [2.24, 2.45) is 0 Å². The minimum absolute atomic E-state index is 0.126. The second-order valence-corrected chi connectivity index (χ2v) is 6.44. The summed E-state index contributed by atoms with van der Waals surface area (Å²) in [4.78, 5) is 23.7. The molecule has 1 saturated heterocycles. The summed E-state index contributed by atoms with van der Waals surface area (Å²) in [5.74, 6) is 0.220. The predicted molar refractivity (Wildman–Crippen MR) is 91.6 cm³/mol. The summed E-state index contributed by atoms with van der Waals surface area (Å²) in [6, 6.07) is 3.80. The molecule has 3 heterocycles. The molecule has 0 spiro atoms. The van der Waals surface area contributed by atoms with Gasteiger partial charge in [0.05, 0.1) is 16.1 Å². The van der Waals surface area contributed by atoms with E-state index in [1.54, 1.807) is 4.90 Å². The molecule has 26 heavy (non-hydrogen) atoms. The molecule has 1 amide bonds. The van der Waals surface area contributed by atoms with Gasteiger partial charge in [-0.15, -0.1) is 0 Å². The molecule has 0 aromatic carbocycles. The lowest BCUT2D eigenvalue weighted by Gasteiger charge is -2.35. The highest BCUT2D eigenvalue weighted by molar-refractivity contribution is 6.41. The van der Waals surface area contributed by atoms with E-state index in [2.05, 4.69) is 9.97 Å². The van der Waals surface area contributed by atoms with Gasteiger partial charge in [-0.3, -0.25) is 4.79 Å². The first kappa shape index (κ1) is 18.7. The molecule has 0 bridgehead atoms. The molecule has 2 aromatic rings. The molecule has 2 aromatic heterocycles. The van der Waals surface area contributed by atoms with E-state index in [4.69, 9.17) is 23.2 Å². The molecule has 0 saturated carbocycles. The van der Waals surface area contributed by atoms with E-state index in [0.717, 1.165) is 12.3 Å². The summed E-state index contributed by atoms with van der Waals surface area (Å²) in [5, 5.41) is 0.325. The Morgan fingerprint density at radius 2 is 1.73 bits per heavy atom. The molecular weight excluding hydrogens is 392 g/mol. The van der Waals surface area contributed by atoms with Crippen LogP contribution in [0.5, 0.6) is 0 Å². The van der Waals surface area contributed by atoms with Gasteiger partial charge in [0.1, 0.15) is 11.0 Å². The highest BCUT2D eigenvalue weighted by Gasteiger charge is 2.31. The van der Waals surface area contributed by atoms with Gasteiger partial charge in [-0.25, -0.2) is 9.97 Å². The number of aromatic nitrogens is 2. The van der Waals surface area contributed by atoms with Crippen LogP contribution in [-0.2, 0) is 6.18 Å². The third-order valence-electron chi connectivity index (χ3n) is 4.01. The van der Waals surface area contributed by atoms with Gasteiger partial charge in [-0.1, -0.05) is 23.2 Å². The zero-order valence-corrected chi connectivity index (χ0v) is 14.8. The first-order valence-corrected chi connectivity index (χ1v) is 8.40. The van der Waals surface area contributed by atoms with Gasteiger partial charge >= 0.3 is 6.18 Å². The van der Waals surface area contributed by atoms with E-state index >= 15 is 0 Å². The fourth-order valence-electron chi connectivity index (χ4n) is 2.60. The fourth-order valence-corrected chi connectivity index (χ4v) is 2.87. The second-order valence-electron chi connectivity index (χ2n) is 5.68. The minimum atomic E-state index is -4.41. The van der Waals surface area contributed by atoms with Crippen molar-refractivity contribution in [3.05, 3.63) is 51.9 Å². The van der Waals surface area contributed by atoms with Crippen molar-refractivity contribution in [1.29, 1.82) is 0 Å². The van der Waals surface area contributed by atoms with Crippen molar-refractivity contribution >= 4 is 34.9 Å². The lowest BCUT2D eigenvalue weighted by atomic mass is 10.2. The number of rotatable bonds is 2. The zero-order valence-electron chi connectivity index (χ0n) is 13.3. The predicted octanol–water partition coefficient (Wildman–Crippen LogP) is 3.76. The third-order valence-corrected chi connectivity index (χ3v) is 4.70. The van der Waals surface area contributed by atoms with Crippen LogP contribution in [0.3, 0.4) is 0 Å². The summed E-state index contributed by atoms with van der Waals surface area (Å²) >= 11 is 11.6. The number of alkyl halides is 3. The number of carbonyl (C=O) groups excluding carboxylic acids is 1.